The third-order valence-electron chi connectivity index (χ3n) is 3.47. The van der Waals surface area contributed by atoms with Crippen LogP contribution in [0.25, 0.3) is 0 Å². The number of carbonyl (C=O) groups is 1. The highest BCUT2D eigenvalue weighted by atomic mass is 32.1. The Balaban J connectivity index is 2.42. The van der Waals surface area contributed by atoms with Gasteiger partial charge in [-0.2, -0.15) is 0 Å². The van der Waals surface area contributed by atoms with Crippen LogP contribution in [0.4, 0.5) is 0 Å². The molecule has 1 aromatic rings. The predicted molar refractivity (Wildman–Crippen MR) is 95.1 cm³/mol. The lowest BCUT2D eigenvalue weighted by molar-refractivity contribution is -0.125. The van der Waals surface area contributed by atoms with Gasteiger partial charge < -0.3 is 20.3 Å². The highest BCUT2D eigenvalue weighted by molar-refractivity contribution is 7.80. The van der Waals surface area contributed by atoms with Crippen LogP contribution in [0.5, 0.6) is 5.75 Å². The molecule has 1 amide bonds. The first-order valence-electron chi connectivity index (χ1n) is 7.27. The van der Waals surface area contributed by atoms with Crippen LogP contribution < -0.4 is 15.4 Å². The Kier molecular flexibility index (Phi) is 5.39. The molecule has 2 N–H and O–H groups in total. The van der Waals surface area contributed by atoms with Crippen molar-refractivity contribution in [3.8, 4) is 5.75 Å². The third kappa shape index (κ3) is 3.90. The molecule has 5 nitrogen and oxygen atoms in total. The highest BCUT2D eigenvalue weighted by Crippen LogP contribution is 2.29. The Morgan fingerprint density at radius 1 is 1.48 bits per heavy atom. The zero-order chi connectivity index (χ0) is 17.0. The molecule has 23 heavy (non-hydrogen) atoms. The molecule has 0 spiro atoms. The normalized spacial score (nSPS) is 17.2. The molecule has 1 atom stereocenters. The minimum Gasteiger partial charge on any atom is -0.490 e. The molecule has 1 aromatic carbocycles. The quantitative estimate of drug-likeness (QED) is 0.639. The van der Waals surface area contributed by atoms with Crippen molar-refractivity contribution in [2.45, 2.75) is 13.0 Å². The summed E-state index contributed by atoms with van der Waals surface area (Å²) in [5, 5.41) is 6.69. The van der Waals surface area contributed by atoms with Crippen molar-refractivity contribution in [1.29, 1.82) is 0 Å². The maximum Gasteiger partial charge on any atom is 0.253 e. The average Bonchev–Trinajstić information content (AvgIpc) is 2.51. The fraction of sp³-hybridized carbons (Fsp3) is 0.294. The smallest absolute Gasteiger partial charge is 0.253 e. The lowest BCUT2D eigenvalue weighted by Crippen LogP contribution is -2.46. The van der Waals surface area contributed by atoms with Crippen LogP contribution in [0.3, 0.4) is 0 Å². The molecule has 122 valence electrons. The molecule has 0 bridgehead atoms. The fourth-order valence-corrected chi connectivity index (χ4v) is 2.68. The number of carbonyl (C=O) groups excluding carboxylic acids is 1. The zero-order valence-electron chi connectivity index (χ0n) is 13.6. The molecule has 0 radical (unpaired) electrons. The van der Waals surface area contributed by atoms with Gasteiger partial charge in [-0.3, -0.25) is 4.79 Å². The Bertz CT molecular complexity index is 668. The molecule has 0 fully saturated rings. The van der Waals surface area contributed by atoms with Gasteiger partial charge in [-0.05, 0) is 36.8 Å². The maximum absolute atomic E-state index is 12.6. The number of nitrogens with one attached hydrogen (secondary N) is 2. The van der Waals surface area contributed by atoms with Gasteiger partial charge in [0.1, 0.15) is 12.4 Å². The Labute approximate surface area is 142 Å². The zero-order valence-corrected chi connectivity index (χ0v) is 14.4. The number of rotatable bonds is 5. The molecule has 1 aliphatic rings. The van der Waals surface area contributed by atoms with Crippen molar-refractivity contribution in [2.75, 3.05) is 20.7 Å². The summed E-state index contributed by atoms with van der Waals surface area (Å²) in [7, 11) is 3.46. The first-order valence-corrected chi connectivity index (χ1v) is 7.68. The summed E-state index contributed by atoms with van der Waals surface area (Å²) >= 11 is 5.24. The van der Waals surface area contributed by atoms with E-state index in [0.717, 1.165) is 17.0 Å². The maximum atomic E-state index is 12.6. The summed E-state index contributed by atoms with van der Waals surface area (Å²) in [6.45, 7) is 5.93. The van der Waals surface area contributed by atoms with Crippen molar-refractivity contribution in [3.05, 3.63) is 53.8 Å². The summed E-state index contributed by atoms with van der Waals surface area (Å²) in [5.74, 6) is 0.662. The Hall–Kier alpha value is -2.34. The summed E-state index contributed by atoms with van der Waals surface area (Å²) in [6, 6.07) is 7.31. The number of nitrogens with zero attached hydrogens (tertiary/aromatic N) is 1. The molecule has 0 saturated carbocycles. The molecule has 1 aliphatic heterocycles. The number of likely N-dealkylation sites (N-methyl/N-ethyl adjacent to an activating group) is 1. The van der Waals surface area contributed by atoms with Crippen LogP contribution in [0.15, 0.2) is 48.2 Å². The van der Waals surface area contributed by atoms with Crippen LogP contribution in [0, 0.1) is 0 Å². The monoisotopic (exact) mass is 331 g/mol. The van der Waals surface area contributed by atoms with E-state index in [-0.39, 0.29) is 11.9 Å². The molecule has 0 unspecified atom stereocenters. The van der Waals surface area contributed by atoms with Gasteiger partial charge in [0.05, 0.1) is 11.6 Å². The second kappa shape index (κ2) is 7.28. The van der Waals surface area contributed by atoms with Crippen LogP contribution in [-0.2, 0) is 4.79 Å². The average molecular weight is 331 g/mol. The largest absolute Gasteiger partial charge is 0.490 e. The minimum absolute atomic E-state index is 0.0626. The molecule has 1 heterocycles. The van der Waals surface area contributed by atoms with Crippen molar-refractivity contribution in [2.24, 2.45) is 0 Å². The third-order valence-corrected chi connectivity index (χ3v) is 3.68. The first-order chi connectivity index (χ1) is 10.9. The number of hydrogen-bond acceptors (Lipinski definition) is 3. The van der Waals surface area contributed by atoms with Gasteiger partial charge in [0, 0.05) is 19.8 Å². The first kappa shape index (κ1) is 17.0. The van der Waals surface area contributed by atoms with Gasteiger partial charge in [-0.25, -0.2) is 0 Å². The van der Waals surface area contributed by atoms with E-state index in [1.54, 1.807) is 25.1 Å². The molecular weight excluding hydrogens is 310 g/mol. The summed E-state index contributed by atoms with van der Waals surface area (Å²) in [4.78, 5) is 14.1. The molecule has 0 saturated heterocycles. The van der Waals surface area contributed by atoms with E-state index in [4.69, 9.17) is 17.0 Å². The fourth-order valence-electron chi connectivity index (χ4n) is 2.41. The number of amides is 1. The van der Waals surface area contributed by atoms with Crippen molar-refractivity contribution in [1.82, 2.24) is 15.5 Å². The van der Waals surface area contributed by atoms with E-state index in [2.05, 4.69) is 17.2 Å². The number of ether oxygens (including phenoxy) is 1. The molecule has 0 aromatic heterocycles. The van der Waals surface area contributed by atoms with Crippen LogP contribution in [0.1, 0.15) is 18.5 Å². The summed E-state index contributed by atoms with van der Waals surface area (Å²) < 4.78 is 5.58. The van der Waals surface area contributed by atoms with E-state index in [9.17, 15) is 4.79 Å². The van der Waals surface area contributed by atoms with E-state index in [1.807, 2.05) is 31.2 Å². The number of hydrogen-bond donors (Lipinski definition) is 2. The molecule has 0 aliphatic carbocycles. The SMILES string of the molecule is C=CCOc1cccc([C@@H]2NC(=S)NC(C)=C2C(=O)N(C)C)c1. The number of allylic oxidation sites excluding steroid dienone is 1. The van der Waals surface area contributed by atoms with Crippen molar-refractivity contribution >= 4 is 23.2 Å². The Morgan fingerprint density at radius 2 is 2.22 bits per heavy atom. The van der Waals surface area contributed by atoms with Gasteiger partial charge in [-0.15, -0.1) is 0 Å². The second-order valence-electron chi connectivity index (χ2n) is 5.44. The minimum atomic E-state index is -0.314. The molecule has 6 heteroatoms. The summed E-state index contributed by atoms with van der Waals surface area (Å²) in [5.41, 5.74) is 2.32. The summed E-state index contributed by atoms with van der Waals surface area (Å²) in [6.07, 6.45) is 1.69. The van der Waals surface area contributed by atoms with Crippen LogP contribution in [0.2, 0.25) is 0 Å². The molecular formula is C17H21N3O2S. The number of thiocarbonyl (C=S) groups is 1. The van der Waals surface area contributed by atoms with Gasteiger partial charge in [0.25, 0.3) is 5.91 Å². The van der Waals surface area contributed by atoms with Gasteiger partial charge in [-0.1, -0.05) is 24.8 Å². The highest BCUT2D eigenvalue weighted by Gasteiger charge is 2.30. The predicted octanol–water partition coefficient (Wildman–Crippen LogP) is 2.13. The number of benzene rings is 1. The topological polar surface area (TPSA) is 53.6 Å². The van der Waals surface area contributed by atoms with E-state index < -0.39 is 0 Å². The second-order valence-corrected chi connectivity index (χ2v) is 5.85. The lowest BCUT2D eigenvalue weighted by Gasteiger charge is -2.31. The van der Waals surface area contributed by atoms with Crippen molar-refractivity contribution in [3.63, 3.8) is 0 Å². The van der Waals surface area contributed by atoms with Crippen LogP contribution >= 0.6 is 12.2 Å². The Morgan fingerprint density at radius 3 is 2.87 bits per heavy atom. The van der Waals surface area contributed by atoms with E-state index in [0.29, 0.717) is 17.3 Å². The van der Waals surface area contributed by atoms with Gasteiger partial charge in [0.2, 0.25) is 0 Å². The lowest BCUT2D eigenvalue weighted by atomic mass is 9.94. The van der Waals surface area contributed by atoms with E-state index >= 15 is 0 Å². The van der Waals surface area contributed by atoms with Gasteiger partial charge >= 0.3 is 0 Å². The molecule has 2 rings (SSSR count). The van der Waals surface area contributed by atoms with Crippen molar-refractivity contribution < 1.29 is 9.53 Å². The van der Waals surface area contributed by atoms with Crippen LogP contribution in [-0.4, -0.2) is 36.6 Å². The standard InChI is InChI=1S/C17H21N3O2S/c1-5-9-22-13-8-6-7-12(10-13)15-14(16(21)20(3)4)11(2)18-17(23)19-15/h5-8,10,15H,1,9H2,2-4H3,(H2,18,19,23)/t15-/m0/s1. The van der Waals surface area contributed by atoms with E-state index in [1.165, 1.54) is 0 Å². The van der Waals surface area contributed by atoms with Gasteiger partial charge in [0.15, 0.2) is 5.11 Å².